The molecule has 0 saturated heterocycles. The van der Waals surface area contributed by atoms with Gasteiger partial charge in [-0.3, -0.25) is 4.79 Å². The number of fused-ring (bicyclic) bond motifs is 1. The zero-order valence-electron chi connectivity index (χ0n) is 15.7. The van der Waals surface area contributed by atoms with E-state index in [2.05, 4.69) is 53.7 Å². The molecule has 0 aliphatic carbocycles. The quantitative estimate of drug-likeness (QED) is 0.508. The Kier molecular flexibility index (Phi) is 4.02. The van der Waals surface area contributed by atoms with Crippen molar-refractivity contribution < 1.29 is 13.9 Å². The summed E-state index contributed by atoms with van der Waals surface area (Å²) >= 11 is 0. The Balaban J connectivity index is 2.24. The van der Waals surface area contributed by atoms with Crippen molar-refractivity contribution in [3.8, 4) is 5.75 Å². The van der Waals surface area contributed by atoms with Gasteiger partial charge in [0.05, 0.1) is 0 Å². The topological polar surface area (TPSA) is 26.3 Å². The number of rotatable bonds is 1. The predicted molar refractivity (Wildman–Crippen MR) is 97.7 cm³/mol. The normalized spacial score (nSPS) is 17.4. The molecule has 1 aliphatic rings. The first-order chi connectivity index (χ1) is 11.5. The Hall–Kier alpha value is -2.16. The van der Waals surface area contributed by atoms with E-state index >= 15 is 0 Å². The van der Waals surface area contributed by atoms with Crippen LogP contribution in [0.3, 0.4) is 0 Å². The lowest BCUT2D eigenvalue weighted by molar-refractivity contribution is -0.133. The van der Waals surface area contributed by atoms with Gasteiger partial charge in [0.25, 0.3) is 0 Å². The summed E-state index contributed by atoms with van der Waals surface area (Å²) in [6.07, 6.45) is 0. The maximum Gasteiger partial charge on any atom is 0.323 e. The molecule has 0 radical (unpaired) electrons. The Morgan fingerprint density at radius 2 is 1.52 bits per heavy atom. The van der Waals surface area contributed by atoms with Gasteiger partial charge in [-0.15, -0.1) is 0 Å². The van der Waals surface area contributed by atoms with Crippen molar-refractivity contribution in [1.82, 2.24) is 0 Å². The van der Waals surface area contributed by atoms with Crippen LogP contribution in [0.1, 0.15) is 69.7 Å². The molecule has 2 nitrogen and oxygen atoms in total. The van der Waals surface area contributed by atoms with Crippen LogP contribution in [0, 0.1) is 5.82 Å². The molecule has 1 aliphatic heterocycles. The van der Waals surface area contributed by atoms with Crippen LogP contribution in [0.4, 0.5) is 4.39 Å². The van der Waals surface area contributed by atoms with Crippen molar-refractivity contribution in [1.29, 1.82) is 0 Å². The van der Waals surface area contributed by atoms with Gasteiger partial charge in [-0.1, -0.05) is 65.8 Å². The highest BCUT2D eigenvalue weighted by atomic mass is 19.1. The number of hydrogen-bond acceptors (Lipinski definition) is 2. The van der Waals surface area contributed by atoms with Gasteiger partial charge >= 0.3 is 5.97 Å². The fourth-order valence-corrected chi connectivity index (χ4v) is 3.23. The molecule has 1 atom stereocenters. The summed E-state index contributed by atoms with van der Waals surface area (Å²) in [5.74, 6) is -0.439. The summed E-state index contributed by atoms with van der Waals surface area (Å²) in [7, 11) is 0. The molecule has 2 aromatic carbocycles. The van der Waals surface area contributed by atoms with E-state index in [9.17, 15) is 9.18 Å². The summed E-state index contributed by atoms with van der Waals surface area (Å²) in [4.78, 5) is 12.6. The molecule has 0 fully saturated rings. The third-order valence-electron chi connectivity index (χ3n) is 4.74. The van der Waals surface area contributed by atoms with Crippen molar-refractivity contribution in [2.24, 2.45) is 0 Å². The molecule has 3 rings (SSSR count). The van der Waals surface area contributed by atoms with Gasteiger partial charge in [0.15, 0.2) is 0 Å². The van der Waals surface area contributed by atoms with E-state index in [4.69, 9.17) is 4.74 Å². The van der Waals surface area contributed by atoms with Gasteiger partial charge in [0.1, 0.15) is 17.5 Å². The minimum absolute atomic E-state index is 0.0476. The first kappa shape index (κ1) is 17.7. The highest BCUT2D eigenvalue weighted by Crippen LogP contribution is 2.47. The lowest BCUT2D eigenvalue weighted by atomic mass is 9.77. The molecule has 0 aromatic heterocycles. The average Bonchev–Trinajstić information content (AvgIpc) is 2.81. The van der Waals surface area contributed by atoms with Gasteiger partial charge in [-0.25, -0.2) is 4.39 Å². The van der Waals surface area contributed by atoms with Gasteiger partial charge < -0.3 is 4.74 Å². The zero-order chi connectivity index (χ0) is 18.6. The summed E-state index contributed by atoms with van der Waals surface area (Å²) in [6.45, 7) is 12.8. The number of benzene rings is 2. The maximum atomic E-state index is 13.3. The maximum absolute atomic E-state index is 13.3. The Morgan fingerprint density at radius 3 is 2.04 bits per heavy atom. The molecule has 0 saturated carbocycles. The third kappa shape index (κ3) is 3.20. The third-order valence-corrected chi connectivity index (χ3v) is 4.74. The van der Waals surface area contributed by atoms with E-state index in [-0.39, 0.29) is 22.6 Å². The first-order valence-corrected chi connectivity index (χ1v) is 8.64. The molecule has 0 N–H and O–H groups in total. The second-order valence-corrected chi connectivity index (χ2v) is 8.85. The van der Waals surface area contributed by atoms with E-state index in [0.29, 0.717) is 5.75 Å². The number of halogens is 1. The van der Waals surface area contributed by atoms with Gasteiger partial charge in [0.2, 0.25) is 0 Å². The molecule has 0 spiro atoms. The van der Waals surface area contributed by atoms with Crippen molar-refractivity contribution >= 4 is 5.97 Å². The fourth-order valence-electron chi connectivity index (χ4n) is 3.23. The van der Waals surface area contributed by atoms with E-state index in [1.807, 2.05) is 0 Å². The number of esters is 1. The van der Waals surface area contributed by atoms with E-state index in [0.717, 1.165) is 16.7 Å². The first-order valence-electron chi connectivity index (χ1n) is 8.64. The average molecular weight is 340 g/mol. The van der Waals surface area contributed by atoms with Crippen LogP contribution in [0.5, 0.6) is 5.75 Å². The highest BCUT2D eigenvalue weighted by Gasteiger charge is 2.39. The molecular formula is C22H25FO2. The van der Waals surface area contributed by atoms with E-state index in [1.54, 1.807) is 12.1 Å². The molecule has 2 aromatic rings. The lowest BCUT2D eigenvalue weighted by Gasteiger charge is -2.27. The Labute approximate surface area is 149 Å². The molecule has 132 valence electrons. The second kappa shape index (κ2) is 5.69. The number of hydrogen-bond donors (Lipinski definition) is 0. The van der Waals surface area contributed by atoms with Crippen LogP contribution in [0.15, 0.2) is 36.4 Å². The van der Waals surface area contributed by atoms with Gasteiger partial charge in [-0.05, 0) is 34.1 Å². The molecule has 0 amide bonds. The van der Waals surface area contributed by atoms with Crippen LogP contribution < -0.4 is 4.74 Å². The minimum Gasteiger partial charge on any atom is -0.425 e. The molecule has 25 heavy (non-hydrogen) atoms. The fraction of sp³-hybridized carbons (Fsp3) is 0.409. The summed E-state index contributed by atoms with van der Waals surface area (Å²) < 4.78 is 19.0. The van der Waals surface area contributed by atoms with Crippen molar-refractivity contribution in [2.45, 2.75) is 58.3 Å². The van der Waals surface area contributed by atoms with Crippen molar-refractivity contribution in [3.63, 3.8) is 0 Å². The standard InChI is InChI=1S/C22H25FO2/c1-21(2,3)14-11-16-18(13-7-9-15(23)10-8-13)20(24)25-19(16)17(12-14)22(4,5)6/h7-12,18H,1-6H3. The summed E-state index contributed by atoms with van der Waals surface area (Å²) in [5, 5.41) is 0. The van der Waals surface area contributed by atoms with Crippen LogP contribution in [-0.2, 0) is 15.6 Å². The molecule has 0 bridgehead atoms. The smallest absolute Gasteiger partial charge is 0.323 e. The summed E-state index contributed by atoms with van der Waals surface area (Å²) in [6, 6.07) is 10.3. The van der Waals surface area contributed by atoms with Crippen LogP contribution >= 0.6 is 0 Å². The predicted octanol–water partition coefficient (Wildman–Crippen LogP) is 5.47. The van der Waals surface area contributed by atoms with E-state index < -0.39 is 5.92 Å². The molecule has 1 unspecified atom stereocenters. The Morgan fingerprint density at radius 1 is 0.920 bits per heavy atom. The molecule has 1 heterocycles. The molecule has 3 heteroatoms. The van der Waals surface area contributed by atoms with Crippen LogP contribution in [-0.4, -0.2) is 5.97 Å². The second-order valence-electron chi connectivity index (χ2n) is 8.85. The van der Waals surface area contributed by atoms with Gasteiger partial charge in [0, 0.05) is 11.1 Å². The van der Waals surface area contributed by atoms with Crippen molar-refractivity contribution in [2.75, 3.05) is 0 Å². The molecular weight excluding hydrogens is 315 g/mol. The Bertz CT molecular complexity index is 821. The lowest BCUT2D eigenvalue weighted by Crippen LogP contribution is -2.17. The summed E-state index contributed by atoms with van der Waals surface area (Å²) in [5.41, 5.74) is 3.65. The van der Waals surface area contributed by atoms with Crippen molar-refractivity contribution in [3.05, 3.63) is 64.5 Å². The zero-order valence-corrected chi connectivity index (χ0v) is 15.7. The van der Waals surface area contributed by atoms with Crippen LogP contribution in [0.2, 0.25) is 0 Å². The number of ether oxygens (including phenoxy) is 1. The SMILES string of the molecule is CC(C)(C)c1cc2c(c(C(C)(C)C)c1)OC(=O)C2c1ccc(F)cc1. The number of carbonyl (C=O) groups is 1. The highest BCUT2D eigenvalue weighted by molar-refractivity contribution is 5.90. The minimum atomic E-state index is -0.501. The monoisotopic (exact) mass is 340 g/mol. The number of carbonyl (C=O) groups excluding carboxylic acids is 1. The largest absolute Gasteiger partial charge is 0.425 e. The van der Waals surface area contributed by atoms with Gasteiger partial charge in [-0.2, -0.15) is 0 Å². The van der Waals surface area contributed by atoms with Crippen LogP contribution in [0.25, 0.3) is 0 Å². The van der Waals surface area contributed by atoms with E-state index in [1.165, 1.54) is 17.7 Å².